The molecule has 0 radical (unpaired) electrons. The molecule has 3 atom stereocenters. The molecule has 4 rings (SSSR count). The van der Waals surface area contributed by atoms with E-state index in [4.69, 9.17) is 0 Å². The number of rotatable bonds is 1. The van der Waals surface area contributed by atoms with Gasteiger partial charge in [-0.3, -0.25) is 4.79 Å². The second-order valence-corrected chi connectivity index (χ2v) is 6.73. The summed E-state index contributed by atoms with van der Waals surface area (Å²) in [6, 6.07) is 13.1. The van der Waals surface area contributed by atoms with Crippen LogP contribution in [0, 0.1) is 0 Å². The van der Waals surface area contributed by atoms with Crippen molar-refractivity contribution in [3.05, 3.63) is 70.3 Å². The van der Waals surface area contributed by atoms with Crippen LogP contribution in [-0.4, -0.2) is 16.8 Å². The first-order chi connectivity index (χ1) is 11.5. The van der Waals surface area contributed by atoms with Crippen molar-refractivity contribution in [2.45, 2.75) is 38.3 Å². The predicted octanol–water partition coefficient (Wildman–Crippen LogP) is 2.82. The van der Waals surface area contributed by atoms with Crippen molar-refractivity contribution in [2.24, 2.45) is 0 Å². The highest BCUT2D eigenvalue weighted by Crippen LogP contribution is 2.49. The molecule has 2 aromatic rings. The average molecular weight is 320 g/mol. The molecular formula is C20H18NO3-. The van der Waals surface area contributed by atoms with Gasteiger partial charge >= 0.3 is 0 Å². The summed E-state index contributed by atoms with van der Waals surface area (Å²) in [7, 11) is 0. The Balaban J connectivity index is 1.91. The quantitative estimate of drug-likeness (QED) is 0.812. The van der Waals surface area contributed by atoms with Crippen molar-refractivity contribution in [3.8, 4) is 0 Å². The molecule has 0 fully saturated rings. The van der Waals surface area contributed by atoms with Gasteiger partial charge in [-0.2, -0.15) is 0 Å². The number of carboxylic acids is 1. The number of carboxylic acid groups (broad SMARTS) is 1. The third-order valence-electron chi connectivity index (χ3n) is 5.43. The van der Waals surface area contributed by atoms with Gasteiger partial charge in [-0.05, 0) is 36.0 Å². The van der Waals surface area contributed by atoms with Gasteiger partial charge < -0.3 is 14.8 Å². The Labute approximate surface area is 140 Å². The maximum Gasteiger partial charge on any atom is 0.255 e. The topological polar surface area (TPSA) is 60.4 Å². The zero-order valence-corrected chi connectivity index (χ0v) is 13.7. The number of aromatic carboxylic acids is 1. The van der Waals surface area contributed by atoms with E-state index < -0.39 is 5.97 Å². The van der Waals surface area contributed by atoms with Crippen LogP contribution in [0.25, 0.3) is 0 Å². The van der Waals surface area contributed by atoms with Gasteiger partial charge in [0.05, 0.1) is 23.6 Å². The summed E-state index contributed by atoms with van der Waals surface area (Å²) in [6.45, 7) is 4.19. The summed E-state index contributed by atoms with van der Waals surface area (Å²) in [5, 5.41) is 11.4. The summed E-state index contributed by atoms with van der Waals surface area (Å²) in [4.78, 5) is 26.4. The van der Waals surface area contributed by atoms with Crippen molar-refractivity contribution in [1.29, 1.82) is 0 Å². The van der Waals surface area contributed by atoms with E-state index in [0.29, 0.717) is 11.5 Å². The predicted molar refractivity (Wildman–Crippen MR) is 87.6 cm³/mol. The molecule has 2 aliphatic rings. The number of hydrogen-bond acceptors (Lipinski definition) is 3. The highest BCUT2D eigenvalue weighted by atomic mass is 16.4. The van der Waals surface area contributed by atoms with Gasteiger partial charge in [0, 0.05) is 5.56 Å². The first-order valence-electron chi connectivity index (χ1n) is 8.26. The molecule has 2 heterocycles. The molecule has 0 unspecified atom stereocenters. The minimum Gasteiger partial charge on any atom is -0.545 e. The Kier molecular flexibility index (Phi) is 3.23. The van der Waals surface area contributed by atoms with Crippen LogP contribution >= 0.6 is 0 Å². The van der Waals surface area contributed by atoms with E-state index in [9.17, 15) is 14.7 Å². The summed E-state index contributed by atoms with van der Waals surface area (Å²) in [6.07, 6.45) is 0.788. The average Bonchev–Trinajstić information content (AvgIpc) is 2.80. The molecule has 1 amide bonds. The zero-order chi connectivity index (χ0) is 17.0. The molecule has 2 aliphatic heterocycles. The number of benzene rings is 2. The molecule has 0 aromatic heterocycles. The molecule has 0 N–H and O–H groups in total. The Bertz CT molecular complexity index is 858. The van der Waals surface area contributed by atoms with Gasteiger partial charge in [0.25, 0.3) is 5.91 Å². The highest BCUT2D eigenvalue weighted by molar-refractivity contribution is 6.07. The third-order valence-corrected chi connectivity index (χ3v) is 5.43. The minimum absolute atomic E-state index is 0.00119. The van der Waals surface area contributed by atoms with Crippen LogP contribution in [0.15, 0.2) is 42.5 Å². The van der Waals surface area contributed by atoms with Crippen molar-refractivity contribution < 1.29 is 14.7 Å². The molecule has 4 heteroatoms. The van der Waals surface area contributed by atoms with Crippen LogP contribution < -0.4 is 5.11 Å². The summed E-state index contributed by atoms with van der Waals surface area (Å²) >= 11 is 0. The smallest absolute Gasteiger partial charge is 0.255 e. The van der Waals surface area contributed by atoms with E-state index in [-0.39, 0.29) is 23.6 Å². The van der Waals surface area contributed by atoms with Crippen LogP contribution in [-0.2, 0) is 0 Å². The number of fused-ring (bicyclic) bond motifs is 4. The number of nitrogens with zero attached hydrogens (tertiary/aromatic N) is 1. The molecule has 2 aromatic carbocycles. The van der Waals surface area contributed by atoms with E-state index in [1.807, 2.05) is 30.0 Å². The van der Waals surface area contributed by atoms with E-state index >= 15 is 0 Å². The molecule has 4 nitrogen and oxygen atoms in total. The van der Waals surface area contributed by atoms with E-state index in [2.05, 4.69) is 19.1 Å². The monoisotopic (exact) mass is 320 g/mol. The lowest BCUT2D eigenvalue weighted by atomic mass is 9.88. The Hall–Kier alpha value is -2.62. The number of hydrogen-bond donors (Lipinski definition) is 0. The van der Waals surface area contributed by atoms with Crippen LogP contribution in [0.1, 0.15) is 75.7 Å². The summed E-state index contributed by atoms with van der Waals surface area (Å²) in [5.74, 6) is -1.20. The van der Waals surface area contributed by atoms with Crippen LogP contribution in [0.4, 0.5) is 0 Å². The van der Waals surface area contributed by atoms with Gasteiger partial charge in [-0.25, -0.2) is 0 Å². The summed E-state index contributed by atoms with van der Waals surface area (Å²) < 4.78 is 0. The van der Waals surface area contributed by atoms with Crippen LogP contribution in [0.5, 0.6) is 0 Å². The highest BCUT2D eigenvalue weighted by Gasteiger charge is 2.44. The van der Waals surface area contributed by atoms with Gasteiger partial charge in [0.15, 0.2) is 0 Å². The standard InChI is InChI=1S/C20H19NO3/c1-11-10-17-15-8-5-9-16(20(23)24)18(15)19(22)21(17)12(2)14-7-4-3-6-13(11)14/h3-9,11-12,17H,10H2,1-2H3,(H,23,24)/p-1/t11-,12-,17+/m1/s1. The van der Waals surface area contributed by atoms with Gasteiger partial charge in [-0.15, -0.1) is 0 Å². The minimum atomic E-state index is -1.29. The Morgan fingerprint density at radius 3 is 2.42 bits per heavy atom. The maximum atomic E-state index is 13.1. The molecule has 0 aliphatic carbocycles. The molecule has 24 heavy (non-hydrogen) atoms. The number of amides is 1. The fourth-order valence-corrected chi connectivity index (χ4v) is 4.32. The molecule has 0 saturated carbocycles. The second kappa shape index (κ2) is 5.20. The van der Waals surface area contributed by atoms with Crippen LogP contribution in [0.2, 0.25) is 0 Å². The lowest BCUT2D eigenvalue weighted by Gasteiger charge is -2.29. The number of carbonyl (C=O) groups excluding carboxylic acids is 2. The Morgan fingerprint density at radius 2 is 1.71 bits per heavy atom. The number of carbonyl (C=O) groups is 2. The molecule has 122 valence electrons. The fourth-order valence-electron chi connectivity index (χ4n) is 4.32. The van der Waals surface area contributed by atoms with Gasteiger partial charge in [0.1, 0.15) is 0 Å². The van der Waals surface area contributed by atoms with Crippen molar-refractivity contribution >= 4 is 11.9 Å². The lowest BCUT2D eigenvalue weighted by Crippen LogP contribution is -2.31. The van der Waals surface area contributed by atoms with Gasteiger partial charge in [0.2, 0.25) is 0 Å². The lowest BCUT2D eigenvalue weighted by molar-refractivity contribution is -0.255. The molecular weight excluding hydrogens is 302 g/mol. The molecule has 0 spiro atoms. The molecule has 0 bridgehead atoms. The van der Waals surface area contributed by atoms with E-state index in [0.717, 1.165) is 17.5 Å². The van der Waals surface area contributed by atoms with Gasteiger partial charge in [-0.1, -0.05) is 49.4 Å². The second-order valence-electron chi connectivity index (χ2n) is 6.73. The zero-order valence-electron chi connectivity index (χ0n) is 13.7. The third kappa shape index (κ3) is 1.92. The maximum absolute atomic E-state index is 13.1. The largest absolute Gasteiger partial charge is 0.545 e. The first kappa shape index (κ1) is 14.9. The van der Waals surface area contributed by atoms with E-state index in [1.165, 1.54) is 11.6 Å². The molecule has 0 saturated heterocycles. The van der Waals surface area contributed by atoms with Crippen molar-refractivity contribution in [2.75, 3.05) is 0 Å². The van der Waals surface area contributed by atoms with Crippen LogP contribution in [0.3, 0.4) is 0 Å². The fraction of sp³-hybridized carbons (Fsp3) is 0.300. The Morgan fingerprint density at radius 1 is 1.04 bits per heavy atom. The normalized spacial score (nSPS) is 24.8. The van der Waals surface area contributed by atoms with Crippen molar-refractivity contribution in [1.82, 2.24) is 4.90 Å². The van der Waals surface area contributed by atoms with Crippen molar-refractivity contribution in [3.63, 3.8) is 0 Å². The summed E-state index contributed by atoms with van der Waals surface area (Å²) in [5.41, 5.74) is 3.53. The SMILES string of the molecule is C[C@@H]1C[C@H]2c3cccc(C(=O)[O-])c3C(=O)N2[C@H](C)c2ccccc21. The first-order valence-corrected chi connectivity index (χ1v) is 8.26. The van der Waals surface area contributed by atoms with E-state index in [1.54, 1.807) is 6.07 Å².